The standard InChI is InChI=1S/C12H8Cl4F3N7O/c13-7-2-1-3-20-8(7)26-10(27,12(14,15)16)4-6(22-26)5-25-9(11(17,18)19)21-23-24-25/h1-3,27H,4-5H2. The number of hydrogen-bond donors (Lipinski definition) is 1. The van der Waals surface area contributed by atoms with Crippen LogP contribution in [0.25, 0.3) is 0 Å². The highest BCUT2D eigenvalue weighted by Crippen LogP contribution is 2.48. The van der Waals surface area contributed by atoms with Gasteiger partial charge in [0.2, 0.25) is 9.52 Å². The van der Waals surface area contributed by atoms with E-state index in [-0.39, 0.29) is 16.6 Å². The monoisotopic (exact) mass is 463 g/mol. The molecule has 15 heteroatoms. The van der Waals surface area contributed by atoms with Crippen molar-refractivity contribution in [3.63, 3.8) is 0 Å². The summed E-state index contributed by atoms with van der Waals surface area (Å²) in [6.07, 6.45) is -3.84. The molecule has 3 rings (SSSR count). The Balaban J connectivity index is 2.00. The van der Waals surface area contributed by atoms with Crippen molar-refractivity contribution in [1.29, 1.82) is 0 Å². The van der Waals surface area contributed by atoms with Crippen LogP contribution in [0.5, 0.6) is 0 Å². The molecule has 8 nitrogen and oxygen atoms in total. The molecule has 1 aliphatic heterocycles. The summed E-state index contributed by atoms with van der Waals surface area (Å²) in [5.41, 5.74) is -2.25. The zero-order valence-electron chi connectivity index (χ0n) is 12.9. The van der Waals surface area contributed by atoms with Crippen LogP contribution in [-0.4, -0.2) is 45.5 Å². The van der Waals surface area contributed by atoms with Gasteiger partial charge in [-0.15, -0.1) is 5.10 Å². The smallest absolute Gasteiger partial charge is 0.365 e. The van der Waals surface area contributed by atoms with E-state index in [1.165, 1.54) is 18.3 Å². The molecule has 0 fully saturated rings. The summed E-state index contributed by atoms with van der Waals surface area (Å²) in [4.78, 5) is 3.98. The lowest BCUT2D eigenvalue weighted by Gasteiger charge is -2.37. The van der Waals surface area contributed by atoms with Gasteiger partial charge in [-0.2, -0.15) is 18.3 Å². The van der Waals surface area contributed by atoms with Crippen molar-refractivity contribution >= 4 is 57.9 Å². The van der Waals surface area contributed by atoms with Gasteiger partial charge in [0.25, 0.3) is 5.82 Å². The number of pyridine rings is 1. The zero-order chi connectivity index (χ0) is 20.0. The third kappa shape index (κ3) is 3.79. The molecule has 1 unspecified atom stereocenters. The van der Waals surface area contributed by atoms with Crippen LogP contribution in [0.3, 0.4) is 0 Å². The predicted molar refractivity (Wildman–Crippen MR) is 91.8 cm³/mol. The number of aromatic nitrogens is 5. The Labute approximate surface area is 169 Å². The van der Waals surface area contributed by atoms with E-state index >= 15 is 0 Å². The van der Waals surface area contributed by atoms with E-state index in [0.717, 1.165) is 5.01 Å². The fourth-order valence-corrected chi connectivity index (χ4v) is 3.01. The largest absolute Gasteiger partial charge is 0.453 e. The lowest BCUT2D eigenvalue weighted by molar-refractivity contribution is -0.147. The molecule has 27 heavy (non-hydrogen) atoms. The van der Waals surface area contributed by atoms with Gasteiger partial charge in [-0.3, -0.25) is 0 Å². The molecule has 0 spiro atoms. The second kappa shape index (κ2) is 6.89. The molecule has 0 saturated carbocycles. The van der Waals surface area contributed by atoms with Gasteiger partial charge < -0.3 is 5.11 Å². The number of nitrogens with zero attached hydrogens (tertiary/aromatic N) is 7. The first-order valence-corrected chi connectivity index (χ1v) is 8.54. The molecule has 0 bridgehead atoms. The van der Waals surface area contributed by atoms with Gasteiger partial charge in [-0.25, -0.2) is 14.7 Å². The zero-order valence-corrected chi connectivity index (χ0v) is 15.9. The van der Waals surface area contributed by atoms with E-state index in [0.29, 0.717) is 4.68 Å². The molecule has 0 aromatic carbocycles. The second-order valence-corrected chi connectivity index (χ2v) is 8.12. The minimum atomic E-state index is -4.78. The van der Waals surface area contributed by atoms with E-state index in [4.69, 9.17) is 46.4 Å². The molecule has 0 amide bonds. The van der Waals surface area contributed by atoms with Gasteiger partial charge in [0.1, 0.15) is 0 Å². The summed E-state index contributed by atoms with van der Waals surface area (Å²) in [7, 11) is 0. The summed E-state index contributed by atoms with van der Waals surface area (Å²) in [5, 5.41) is 25.1. The summed E-state index contributed by atoms with van der Waals surface area (Å²) in [5.74, 6) is -1.38. The molecule has 1 N–H and O–H groups in total. The molecule has 146 valence electrons. The van der Waals surface area contributed by atoms with E-state index in [1.807, 2.05) is 0 Å². The van der Waals surface area contributed by atoms with Crippen molar-refractivity contribution in [2.75, 3.05) is 5.01 Å². The van der Waals surface area contributed by atoms with Crippen molar-refractivity contribution in [3.05, 3.63) is 29.2 Å². The Bertz CT molecular complexity index is 884. The van der Waals surface area contributed by atoms with Gasteiger partial charge in [0.15, 0.2) is 5.82 Å². The number of tetrazole rings is 1. The van der Waals surface area contributed by atoms with Gasteiger partial charge in [-0.1, -0.05) is 46.4 Å². The summed E-state index contributed by atoms with van der Waals surface area (Å²) < 4.78 is 37.0. The SMILES string of the molecule is OC1(C(Cl)(Cl)Cl)CC(Cn2nnnc2C(F)(F)F)=NN1c1ncccc1Cl. The number of halogens is 7. The number of alkyl halides is 6. The number of rotatable bonds is 3. The summed E-state index contributed by atoms with van der Waals surface area (Å²) in [6.45, 7) is -0.508. The molecular weight excluding hydrogens is 457 g/mol. The lowest BCUT2D eigenvalue weighted by Crippen LogP contribution is -2.53. The van der Waals surface area contributed by atoms with Gasteiger partial charge in [0.05, 0.1) is 17.3 Å². The van der Waals surface area contributed by atoms with Crippen LogP contribution in [0.15, 0.2) is 23.4 Å². The molecule has 0 saturated heterocycles. The Morgan fingerprint density at radius 3 is 2.56 bits per heavy atom. The van der Waals surface area contributed by atoms with E-state index in [2.05, 4.69) is 25.6 Å². The minimum Gasteiger partial charge on any atom is -0.365 e. The maximum Gasteiger partial charge on any atom is 0.453 e. The minimum absolute atomic E-state index is 0.00310. The highest BCUT2D eigenvalue weighted by Gasteiger charge is 2.57. The maximum atomic E-state index is 12.9. The number of anilines is 1. The predicted octanol–water partition coefficient (Wildman–Crippen LogP) is 3.07. The van der Waals surface area contributed by atoms with Crippen LogP contribution in [0.1, 0.15) is 12.2 Å². The fourth-order valence-electron chi connectivity index (χ4n) is 2.37. The quantitative estimate of drug-likeness (QED) is 0.702. The third-order valence-electron chi connectivity index (χ3n) is 3.55. The van der Waals surface area contributed by atoms with Crippen molar-refractivity contribution in [1.82, 2.24) is 25.2 Å². The van der Waals surface area contributed by atoms with Gasteiger partial charge in [-0.05, 0) is 22.6 Å². The Morgan fingerprint density at radius 2 is 1.96 bits per heavy atom. The van der Waals surface area contributed by atoms with E-state index in [9.17, 15) is 18.3 Å². The van der Waals surface area contributed by atoms with Crippen LogP contribution in [0, 0.1) is 0 Å². The van der Waals surface area contributed by atoms with Crippen LogP contribution in [0.2, 0.25) is 5.02 Å². The van der Waals surface area contributed by atoms with Crippen molar-refractivity contribution in [3.8, 4) is 0 Å². The third-order valence-corrected chi connectivity index (χ3v) is 4.76. The molecular formula is C12H8Cl4F3N7O. The topological polar surface area (TPSA) is 92.3 Å². The number of hydrogen-bond acceptors (Lipinski definition) is 7. The van der Waals surface area contributed by atoms with Crippen LogP contribution >= 0.6 is 46.4 Å². The van der Waals surface area contributed by atoms with Crippen LogP contribution in [-0.2, 0) is 12.7 Å². The second-order valence-electron chi connectivity index (χ2n) is 5.44. The molecule has 0 radical (unpaired) electrons. The first-order chi connectivity index (χ1) is 12.4. The van der Waals surface area contributed by atoms with Crippen molar-refractivity contribution in [2.24, 2.45) is 5.10 Å². The normalized spacial score (nSPS) is 20.9. The molecule has 1 atom stereocenters. The average Bonchev–Trinajstić information content (AvgIpc) is 3.12. The Kier molecular flexibility index (Phi) is 5.19. The van der Waals surface area contributed by atoms with Crippen LogP contribution in [0.4, 0.5) is 19.0 Å². The van der Waals surface area contributed by atoms with Gasteiger partial charge in [0, 0.05) is 12.6 Å². The summed E-state index contributed by atoms with van der Waals surface area (Å²) in [6, 6.07) is 2.98. The lowest BCUT2D eigenvalue weighted by atomic mass is 10.1. The Hall–Kier alpha value is -1.40. The first kappa shape index (κ1) is 20.3. The molecule has 2 aromatic heterocycles. The summed E-state index contributed by atoms with van der Waals surface area (Å²) >= 11 is 23.7. The van der Waals surface area contributed by atoms with E-state index < -0.39 is 34.5 Å². The first-order valence-electron chi connectivity index (χ1n) is 7.03. The van der Waals surface area contributed by atoms with Gasteiger partial charge >= 0.3 is 6.18 Å². The number of aliphatic hydroxyl groups is 1. The maximum absolute atomic E-state index is 12.9. The highest BCUT2D eigenvalue weighted by molar-refractivity contribution is 6.68. The highest BCUT2D eigenvalue weighted by atomic mass is 35.6. The molecule has 3 heterocycles. The van der Waals surface area contributed by atoms with Crippen molar-refractivity contribution < 1.29 is 18.3 Å². The average molecular weight is 465 g/mol. The van der Waals surface area contributed by atoms with E-state index in [1.54, 1.807) is 0 Å². The number of hydrazone groups is 1. The molecule has 2 aromatic rings. The van der Waals surface area contributed by atoms with Crippen LogP contribution < -0.4 is 5.01 Å². The molecule has 0 aliphatic carbocycles. The van der Waals surface area contributed by atoms with Crippen molar-refractivity contribution in [2.45, 2.75) is 28.7 Å². The fraction of sp³-hybridized carbons (Fsp3) is 0.417. The Morgan fingerprint density at radius 1 is 1.26 bits per heavy atom. The molecule has 1 aliphatic rings.